The molecule has 4 rings (SSSR count). The van der Waals surface area contributed by atoms with Crippen LogP contribution in [0.25, 0.3) is 11.1 Å². The van der Waals surface area contributed by atoms with Crippen LogP contribution in [0.15, 0.2) is 83.8 Å². The third-order valence-corrected chi connectivity index (χ3v) is 7.47. The number of likely N-dealkylation sites (tertiary alicyclic amines) is 1. The molecule has 7 heteroatoms. The zero-order valence-electron chi connectivity index (χ0n) is 18.5. The van der Waals surface area contributed by atoms with Gasteiger partial charge < -0.3 is 4.74 Å². The van der Waals surface area contributed by atoms with Gasteiger partial charge in [0.25, 0.3) is 0 Å². The van der Waals surface area contributed by atoms with Crippen LogP contribution >= 0.6 is 0 Å². The molecular weight excluding hydrogens is 439 g/mol. The largest absolute Gasteiger partial charge is 0.492 e. The van der Waals surface area contributed by atoms with E-state index in [1.54, 1.807) is 0 Å². The van der Waals surface area contributed by atoms with Crippen molar-refractivity contribution >= 4 is 10.0 Å². The number of halogens is 1. The molecule has 1 aliphatic heterocycles. The minimum absolute atomic E-state index is 0.0919. The predicted octanol–water partition coefficient (Wildman–Crippen LogP) is 4.56. The van der Waals surface area contributed by atoms with E-state index in [1.807, 2.05) is 36.4 Å². The van der Waals surface area contributed by atoms with Crippen molar-refractivity contribution in [1.29, 1.82) is 0 Å². The Kier molecular flexibility index (Phi) is 7.75. The van der Waals surface area contributed by atoms with E-state index in [-0.39, 0.29) is 10.8 Å². The summed E-state index contributed by atoms with van der Waals surface area (Å²) in [6.07, 6.45) is 1.85. The molecule has 1 saturated heterocycles. The summed E-state index contributed by atoms with van der Waals surface area (Å²) in [4.78, 5) is 2.45. The number of hydrogen-bond donors (Lipinski definition) is 1. The normalized spacial score (nSPS) is 15.4. The first kappa shape index (κ1) is 23.4. The highest BCUT2D eigenvalue weighted by atomic mass is 32.2. The molecule has 3 aromatic rings. The SMILES string of the molecule is O=S(=O)(NCC1CCN(CCOc2ccccc2-c2ccccc2)CC1)c1ccc(F)cc1. The first-order valence-corrected chi connectivity index (χ1v) is 12.7. The van der Waals surface area contributed by atoms with E-state index in [0.29, 0.717) is 13.2 Å². The number of sulfonamides is 1. The summed E-state index contributed by atoms with van der Waals surface area (Å²) >= 11 is 0. The van der Waals surface area contributed by atoms with Crippen molar-refractivity contribution in [1.82, 2.24) is 9.62 Å². The number of piperidine rings is 1. The van der Waals surface area contributed by atoms with Gasteiger partial charge >= 0.3 is 0 Å². The Balaban J connectivity index is 1.21. The van der Waals surface area contributed by atoms with E-state index < -0.39 is 15.8 Å². The molecular formula is C26H29FN2O3S. The van der Waals surface area contributed by atoms with Crippen molar-refractivity contribution in [2.45, 2.75) is 17.7 Å². The third-order valence-electron chi connectivity index (χ3n) is 6.03. The summed E-state index contributed by atoms with van der Waals surface area (Å²) in [5.41, 5.74) is 2.22. The first-order valence-electron chi connectivity index (χ1n) is 11.3. The van der Waals surface area contributed by atoms with Crippen molar-refractivity contribution in [3.05, 3.63) is 84.7 Å². The number of nitrogens with zero attached hydrogens (tertiary/aromatic N) is 1. The maximum Gasteiger partial charge on any atom is 0.240 e. The fraction of sp³-hybridized carbons (Fsp3) is 0.308. The van der Waals surface area contributed by atoms with E-state index in [0.717, 1.165) is 61.5 Å². The van der Waals surface area contributed by atoms with E-state index >= 15 is 0 Å². The van der Waals surface area contributed by atoms with Gasteiger partial charge in [-0.1, -0.05) is 48.5 Å². The molecule has 0 aromatic heterocycles. The van der Waals surface area contributed by atoms with Crippen LogP contribution in [0.4, 0.5) is 4.39 Å². The predicted molar refractivity (Wildman–Crippen MR) is 128 cm³/mol. The molecule has 1 fully saturated rings. The molecule has 0 amide bonds. The topological polar surface area (TPSA) is 58.6 Å². The van der Waals surface area contributed by atoms with Crippen molar-refractivity contribution in [3.8, 4) is 16.9 Å². The molecule has 5 nitrogen and oxygen atoms in total. The summed E-state index contributed by atoms with van der Waals surface area (Å²) < 4.78 is 46.6. The van der Waals surface area contributed by atoms with Crippen molar-refractivity contribution in [2.75, 3.05) is 32.8 Å². The Morgan fingerprint density at radius 1 is 0.909 bits per heavy atom. The highest BCUT2D eigenvalue weighted by molar-refractivity contribution is 7.89. The van der Waals surface area contributed by atoms with Crippen LogP contribution in [0, 0.1) is 11.7 Å². The quantitative estimate of drug-likeness (QED) is 0.500. The van der Waals surface area contributed by atoms with Gasteiger partial charge in [-0.3, -0.25) is 4.90 Å². The molecule has 0 radical (unpaired) electrons. The monoisotopic (exact) mass is 468 g/mol. The van der Waals surface area contributed by atoms with Gasteiger partial charge in [0.2, 0.25) is 10.0 Å². The summed E-state index contributed by atoms with van der Waals surface area (Å²) in [6, 6.07) is 23.2. The van der Waals surface area contributed by atoms with Gasteiger partial charge in [0.1, 0.15) is 18.2 Å². The molecule has 3 aromatic carbocycles. The Morgan fingerprint density at radius 3 is 2.30 bits per heavy atom. The zero-order valence-corrected chi connectivity index (χ0v) is 19.3. The standard InChI is InChI=1S/C26H29FN2O3S/c27-23-10-12-24(13-11-23)33(30,31)28-20-21-14-16-29(17-15-21)18-19-32-26-9-5-4-8-25(26)22-6-2-1-3-7-22/h1-13,21,28H,14-20H2. The van der Waals surface area contributed by atoms with Gasteiger partial charge in [0.15, 0.2) is 0 Å². The van der Waals surface area contributed by atoms with Crippen molar-refractivity contribution < 1.29 is 17.5 Å². The van der Waals surface area contributed by atoms with Gasteiger partial charge in [-0.05, 0) is 67.7 Å². The number of para-hydroxylation sites is 1. The van der Waals surface area contributed by atoms with Gasteiger partial charge in [-0.15, -0.1) is 0 Å². The summed E-state index contributed by atoms with van der Waals surface area (Å²) in [5, 5.41) is 0. The van der Waals surface area contributed by atoms with E-state index in [2.05, 4.69) is 27.8 Å². The number of ether oxygens (including phenoxy) is 1. The minimum atomic E-state index is -3.61. The van der Waals surface area contributed by atoms with Crippen LogP contribution in [0.1, 0.15) is 12.8 Å². The van der Waals surface area contributed by atoms with Gasteiger partial charge in [-0.25, -0.2) is 17.5 Å². The van der Waals surface area contributed by atoms with Crippen molar-refractivity contribution in [3.63, 3.8) is 0 Å². The van der Waals surface area contributed by atoms with Gasteiger partial charge in [0, 0.05) is 18.7 Å². The molecule has 0 spiro atoms. The number of hydrogen-bond acceptors (Lipinski definition) is 4. The average molecular weight is 469 g/mol. The number of benzene rings is 3. The average Bonchev–Trinajstić information content (AvgIpc) is 2.85. The van der Waals surface area contributed by atoms with E-state index in [9.17, 15) is 12.8 Å². The minimum Gasteiger partial charge on any atom is -0.492 e. The van der Waals surface area contributed by atoms with Crippen molar-refractivity contribution in [2.24, 2.45) is 5.92 Å². The second-order valence-electron chi connectivity index (χ2n) is 8.30. The molecule has 0 saturated carbocycles. The summed E-state index contributed by atoms with van der Waals surface area (Å²) in [6.45, 7) is 3.65. The molecule has 0 unspecified atom stereocenters. The highest BCUT2D eigenvalue weighted by Gasteiger charge is 2.22. The molecule has 0 atom stereocenters. The van der Waals surface area contributed by atoms with Crippen LogP contribution in [-0.4, -0.2) is 46.1 Å². The maximum atomic E-state index is 13.0. The summed E-state index contributed by atoms with van der Waals surface area (Å²) in [5.74, 6) is 0.721. The maximum absolute atomic E-state index is 13.0. The summed E-state index contributed by atoms with van der Waals surface area (Å²) in [7, 11) is -3.61. The second kappa shape index (κ2) is 10.9. The highest BCUT2D eigenvalue weighted by Crippen LogP contribution is 2.29. The lowest BCUT2D eigenvalue weighted by Gasteiger charge is -2.31. The first-order chi connectivity index (χ1) is 16.0. The van der Waals surface area contributed by atoms with Crippen LogP contribution in [0.2, 0.25) is 0 Å². The smallest absolute Gasteiger partial charge is 0.240 e. The fourth-order valence-electron chi connectivity index (χ4n) is 4.07. The number of rotatable bonds is 9. The Labute approximate surface area is 195 Å². The van der Waals surface area contributed by atoms with E-state index in [4.69, 9.17) is 4.74 Å². The fourth-order valence-corrected chi connectivity index (χ4v) is 5.19. The zero-order chi connectivity index (χ0) is 23.1. The molecule has 1 N–H and O–H groups in total. The second-order valence-corrected chi connectivity index (χ2v) is 10.1. The molecule has 0 bridgehead atoms. The Morgan fingerprint density at radius 2 is 1.58 bits per heavy atom. The van der Waals surface area contributed by atoms with Gasteiger partial charge in [-0.2, -0.15) is 0 Å². The Bertz CT molecular complexity index is 1130. The van der Waals surface area contributed by atoms with Crippen LogP contribution in [0.3, 0.4) is 0 Å². The molecule has 0 aliphatic carbocycles. The Hall–Kier alpha value is -2.74. The van der Waals surface area contributed by atoms with Crippen LogP contribution in [0.5, 0.6) is 5.75 Å². The molecule has 33 heavy (non-hydrogen) atoms. The molecule has 174 valence electrons. The molecule has 1 aliphatic rings. The number of nitrogens with one attached hydrogen (secondary N) is 1. The van der Waals surface area contributed by atoms with E-state index in [1.165, 1.54) is 12.1 Å². The van der Waals surface area contributed by atoms with Crippen LogP contribution < -0.4 is 9.46 Å². The molecule has 1 heterocycles. The third kappa shape index (κ3) is 6.41. The lowest BCUT2D eigenvalue weighted by atomic mass is 9.97. The lowest BCUT2D eigenvalue weighted by Crippen LogP contribution is -2.40. The van der Waals surface area contributed by atoms with Gasteiger partial charge in [0.05, 0.1) is 4.90 Å². The lowest BCUT2D eigenvalue weighted by molar-refractivity contribution is 0.156. The van der Waals surface area contributed by atoms with Crippen LogP contribution in [-0.2, 0) is 10.0 Å².